The number of aryl methyl sites for hydroxylation is 2. The molecule has 1 saturated heterocycles. The number of carbonyl (C=O) groups excluding carboxylic acids is 2. The number of carbonyl (C=O) groups is 2. The van der Waals surface area contributed by atoms with Gasteiger partial charge in [-0.2, -0.15) is 5.26 Å². The van der Waals surface area contributed by atoms with Crippen LogP contribution >= 0.6 is 11.8 Å². The van der Waals surface area contributed by atoms with Crippen LogP contribution in [0.1, 0.15) is 16.7 Å². The van der Waals surface area contributed by atoms with Gasteiger partial charge < -0.3 is 10.1 Å². The van der Waals surface area contributed by atoms with E-state index in [-0.39, 0.29) is 11.5 Å². The van der Waals surface area contributed by atoms with Gasteiger partial charge in [0.1, 0.15) is 22.4 Å². The summed E-state index contributed by atoms with van der Waals surface area (Å²) in [5.41, 5.74) is 3.95. The highest BCUT2D eigenvalue weighted by atomic mass is 32.2. The Morgan fingerprint density at radius 1 is 1.03 bits per heavy atom. The smallest absolute Gasteiger partial charge is 0.269 e. The van der Waals surface area contributed by atoms with Crippen LogP contribution in [0.5, 0.6) is 5.75 Å². The van der Waals surface area contributed by atoms with Gasteiger partial charge in [0.25, 0.3) is 5.91 Å². The Balaban J connectivity index is 1.71. The lowest BCUT2D eigenvalue weighted by atomic mass is 10.1. The number of anilines is 2. The fourth-order valence-electron chi connectivity index (χ4n) is 3.96. The number of methoxy groups -OCH3 is 1. The maximum absolute atomic E-state index is 13.6. The van der Waals surface area contributed by atoms with E-state index in [1.807, 2.05) is 74.5 Å². The fourth-order valence-corrected chi connectivity index (χ4v) is 5.27. The predicted octanol–water partition coefficient (Wildman–Crippen LogP) is 5.38. The zero-order chi connectivity index (χ0) is 24.9. The van der Waals surface area contributed by atoms with E-state index in [0.717, 1.165) is 22.4 Å². The number of nitriles is 1. The minimum atomic E-state index is -0.536. The molecule has 0 spiro atoms. The van der Waals surface area contributed by atoms with Crippen LogP contribution < -0.4 is 15.0 Å². The molecule has 1 fully saturated rings. The maximum atomic E-state index is 13.6. The van der Waals surface area contributed by atoms with E-state index in [1.165, 1.54) is 16.7 Å². The summed E-state index contributed by atoms with van der Waals surface area (Å²) in [4.78, 5) is 28.3. The first-order valence-corrected chi connectivity index (χ1v) is 12.0. The number of thioether (sulfide) groups is 1. The summed E-state index contributed by atoms with van der Waals surface area (Å²) in [5.74, 6) is 0.0338. The van der Waals surface area contributed by atoms with Crippen molar-refractivity contribution in [3.8, 4) is 11.8 Å². The monoisotopic (exact) mass is 483 g/mol. The molecule has 0 aliphatic carbocycles. The molecule has 1 atom stereocenters. The summed E-state index contributed by atoms with van der Waals surface area (Å²) >= 11 is 1.25. The lowest BCUT2D eigenvalue weighted by Gasteiger charge is -2.19. The van der Waals surface area contributed by atoms with Crippen molar-refractivity contribution in [3.05, 3.63) is 100 Å². The molecular formula is C28H25N3O3S. The summed E-state index contributed by atoms with van der Waals surface area (Å²) in [6, 6.07) is 24.4. The third kappa shape index (κ3) is 5.08. The molecule has 3 aromatic rings. The molecule has 1 N–H and O–H groups in total. The van der Waals surface area contributed by atoms with Crippen molar-refractivity contribution in [3.63, 3.8) is 0 Å². The lowest BCUT2D eigenvalue weighted by molar-refractivity contribution is -0.117. The lowest BCUT2D eigenvalue weighted by Crippen LogP contribution is -2.31. The van der Waals surface area contributed by atoms with Gasteiger partial charge in [0.15, 0.2) is 0 Å². The Bertz CT molecular complexity index is 1310. The first kappa shape index (κ1) is 24.1. The van der Waals surface area contributed by atoms with E-state index in [1.54, 1.807) is 19.2 Å². The average Bonchev–Trinajstić information content (AvgIpc) is 3.18. The van der Waals surface area contributed by atoms with E-state index in [2.05, 4.69) is 11.4 Å². The first-order chi connectivity index (χ1) is 16.9. The van der Waals surface area contributed by atoms with Crippen molar-refractivity contribution in [2.45, 2.75) is 25.5 Å². The minimum absolute atomic E-state index is 0.0907. The number of amides is 2. The minimum Gasteiger partial charge on any atom is -0.497 e. The van der Waals surface area contributed by atoms with Crippen molar-refractivity contribution in [2.75, 3.05) is 17.3 Å². The van der Waals surface area contributed by atoms with Gasteiger partial charge in [-0.1, -0.05) is 60.3 Å². The second-order valence-corrected chi connectivity index (χ2v) is 9.37. The van der Waals surface area contributed by atoms with Gasteiger partial charge in [0.05, 0.1) is 12.4 Å². The Labute approximate surface area is 209 Å². The van der Waals surface area contributed by atoms with Crippen LogP contribution in [0.2, 0.25) is 0 Å². The topological polar surface area (TPSA) is 82.4 Å². The third-order valence-corrected chi connectivity index (χ3v) is 7.08. The van der Waals surface area contributed by atoms with Gasteiger partial charge in [0.2, 0.25) is 5.91 Å². The van der Waals surface area contributed by atoms with Gasteiger partial charge in [-0.15, -0.1) is 0 Å². The highest BCUT2D eigenvalue weighted by Gasteiger charge is 2.40. The molecule has 0 saturated carbocycles. The van der Waals surface area contributed by atoms with Crippen molar-refractivity contribution >= 4 is 35.0 Å². The molecule has 0 radical (unpaired) electrons. The van der Waals surface area contributed by atoms with Gasteiger partial charge in [-0.3, -0.25) is 14.5 Å². The number of para-hydroxylation sites is 2. The molecule has 0 bridgehead atoms. The highest BCUT2D eigenvalue weighted by molar-refractivity contribution is 8.05. The van der Waals surface area contributed by atoms with E-state index >= 15 is 0 Å². The van der Waals surface area contributed by atoms with Crippen molar-refractivity contribution in [2.24, 2.45) is 0 Å². The van der Waals surface area contributed by atoms with Gasteiger partial charge in [0, 0.05) is 11.4 Å². The molecule has 6 nitrogen and oxygen atoms in total. The van der Waals surface area contributed by atoms with Crippen molar-refractivity contribution < 1.29 is 14.3 Å². The quantitative estimate of drug-likeness (QED) is 0.376. The summed E-state index contributed by atoms with van der Waals surface area (Å²) in [6.45, 7) is 3.80. The van der Waals surface area contributed by atoms with Crippen LogP contribution in [0.15, 0.2) is 83.4 Å². The maximum Gasteiger partial charge on any atom is 0.269 e. The summed E-state index contributed by atoms with van der Waals surface area (Å²) in [7, 11) is 1.60. The summed E-state index contributed by atoms with van der Waals surface area (Å²) in [6.07, 6.45) is 0.456. The normalized spacial score (nSPS) is 16.6. The Hall–Kier alpha value is -4.02. The van der Waals surface area contributed by atoms with E-state index < -0.39 is 11.2 Å². The molecular weight excluding hydrogens is 458 g/mol. The number of nitrogens with one attached hydrogen (secondary N) is 1. The molecule has 2 amide bonds. The number of hydrogen-bond donors (Lipinski definition) is 1. The van der Waals surface area contributed by atoms with Gasteiger partial charge in [-0.25, -0.2) is 0 Å². The zero-order valence-electron chi connectivity index (χ0n) is 19.7. The van der Waals surface area contributed by atoms with Crippen LogP contribution in [0.4, 0.5) is 11.4 Å². The molecule has 7 heteroatoms. The number of benzene rings is 3. The number of hydrogen-bond acceptors (Lipinski definition) is 5. The Morgan fingerprint density at radius 2 is 1.69 bits per heavy atom. The SMILES string of the molecule is COc1ccc(CC2SC(=C(C#N)C(=O)Nc3c(C)cccc3C)N(c3ccccc3)C2=O)cc1. The number of nitrogens with zero attached hydrogens (tertiary/aromatic N) is 2. The molecule has 1 aliphatic rings. The Morgan fingerprint density at radius 3 is 2.29 bits per heavy atom. The van der Waals surface area contributed by atoms with E-state index in [9.17, 15) is 14.9 Å². The van der Waals surface area contributed by atoms with Crippen molar-refractivity contribution in [1.82, 2.24) is 0 Å². The van der Waals surface area contributed by atoms with Gasteiger partial charge >= 0.3 is 0 Å². The molecule has 176 valence electrons. The van der Waals surface area contributed by atoms with E-state index in [4.69, 9.17) is 4.74 Å². The summed E-state index contributed by atoms with van der Waals surface area (Å²) < 4.78 is 5.22. The van der Waals surface area contributed by atoms with Crippen LogP contribution in [0.25, 0.3) is 0 Å². The number of rotatable bonds is 6. The molecule has 1 unspecified atom stereocenters. The molecule has 35 heavy (non-hydrogen) atoms. The van der Waals surface area contributed by atoms with Crippen molar-refractivity contribution in [1.29, 1.82) is 5.26 Å². The van der Waals surface area contributed by atoms with Gasteiger partial charge in [-0.05, 0) is 61.2 Å². The second-order valence-electron chi connectivity index (χ2n) is 8.18. The molecule has 4 rings (SSSR count). The third-order valence-electron chi connectivity index (χ3n) is 5.82. The molecule has 1 heterocycles. The Kier molecular flexibility index (Phi) is 7.23. The average molecular weight is 484 g/mol. The van der Waals surface area contributed by atoms with Crippen LogP contribution in [0, 0.1) is 25.2 Å². The summed E-state index contributed by atoms with van der Waals surface area (Å²) in [5, 5.41) is 12.8. The van der Waals surface area contributed by atoms with E-state index in [0.29, 0.717) is 22.8 Å². The standard InChI is InChI=1S/C28H25N3O3S/c1-18-8-7-9-19(2)25(18)30-26(32)23(17-29)28-31(21-10-5-4-6-11-21)27(33)24(35-28)16-20-12-14-22(34-3)15-13-20/h4-15,24H,16H2,1-3H3,(H,30,32). The van der Waals surface area contributed by atoms with Crippen LogP contribution in [0.3, 0.4) is 0 Å². The molecule has 3 aromatic carbocycles. The van der Waals surface area contributed by atoms with Crippen LogP contribution in [-0.2, 0) is 16.0 Å². The molecule has 1 aliphatic heterocycles. The van der Waals surface area contributed by atoms with Crippen LogP contribution in [-0.4, -0.2) is 24.2 Å². The molecule has 0 aromatic heterocycles. The predicted molar refractivity (Wildman–Crippen MR) is 139 cm³/mol. The highest BCUT2D eigenvalue weighted by Crippen LogP contribution is 2.42. The number of ether oxygens (including phenoxy) is 1. The largest absolute Gasteiger partial charge is 0.497 e. The first-order valence-electron chi connectivity index (χ1n) is 11.1. The fraction of sp³-hybridized carbons (Fsp3) is 0.179. The second kappa shape index (κ2) is 10.5. The zero-order valence-corrected chi connectivity index (χ0v) is 20.6.